The van der Waals surface area contributed by atoms with Crippen LogP contribution in [-0.4, -0.2) is 82.7 Å². The summed E-state index contributed by atoms with van der Waals surface area (Å²) in [5.74, 6) is -2.23. The fourth-order valence-electron chi connectivity index (χ4n) is 4.93. The van der Waals surface area contributed by atoms with Gasteiger partial charge in [-0.1, -0.05) is 21.4 Å². The first-order valence-electron chi connectivity index (χ1n) is 12.4. The summed E-state index contributed by atoms with van der Waals surface area (Å²) in [6.07, 6.45) is 3.69. The lowest BCUT2D eigenvalue weighted by molar-refractivity contribution is -0.113. The second-order valence-electron chi connectivity index (χ2n) is 10.5. The Bertz CT molecular complexity index is 1680. The van der Waals surface area contributed by atoms with E-state index in [0.29, 0.717) is 22.4 Å². The van der Waals surface area contributed by atoms with Gasteiger partial charge in [0, 0.05) is 49.3 Å². The number of carbonyl (C=O) groups excluding carboxylic acids is 3. The molecule has 0 radical (unpaired) electrons. The van der Waals surface area contributed by atoms with Crippen LogP contribution in [-0.2, 0) is 26.5 Å². The molecule has 2 aliphatic heterocycles. The van der Waals surface area contributed by atoms with E-state index in [-0.39, 0.29) is 42.6 Å². The van der Waals surface area contributed by atoms with Crippen LogP contribution in [0.4, 0.5) is 10.2 Å². The van der Waals surface area contributed by atoms with Gasteiger partial charge in [-0.05, 0) is 36.8 Å². The lowest BCUT2D eigenvalue weighted by Crippen LogP contribution is -2.73. The summed E-state index contributed by atoms with van der Waals surface area (Å²) in [6, 6.07) is 9.39. The molecule has 2 aliphatic rings. The average molecular weight is 600 g/mol. The minimum atomic E-state index is -3.65. The number of alkyl halides is 1. The van der Waals surface area contributed by atoms with Crippen molar-refractivity contribution in [3.63, 3.8) is 0 Å². The van der Waals surface area contributed by atoms with Crippen LogP contribution in [0.25, 0.3) is 5.82 Å². The third kappa shape index (κ3) is 5.75. The minimum absolute atomic E-state index is 0.0302. The molecule has 1 fully saturated rings. The second-order valence-corrected chi connectivity index (χ2v) is 13.7. The number of benzene rings is 1. The van der Waals surface area contributed by atoms with Gasteiger partial charge < -0.3 is 20.9 Å². The maximum absolute atomic E-state index is 14.2. The number of hydrogen-bond acceptors (Lipinski definition) is 8. The smallest absolute Gasteiger partial charge is 0.257 e. The zero-order valence-electron chi connectivity index (χ0n) is 22.1. The van der Waals surface area contributed by atoms with Gasteiger partial charge in [-0.25, -0.2) is 17.8 Å². The number of amides is 3. The van der Waals surface area contributed by atoms with Gasteiger partial charge in [0.1, 0.15) is 16.7 Å². The summed E-state index contributed by atoms with van der Waals surface area (Å²) < 4.78 is 38.8. The predicted molar refractivity (Wildman–Crippen MR) is 152 cm³/mol. The summed E-state index contributed by atoms with van der Waals surface area (Å²) in [5.41, 5.74) is 0.958. The van der Waals surface area contributed by atoms with E-state index in [4.69, 9.17) is 5.41 Å². The molecule has 1 spiro atoms. The van der Waals surface area contributed by atoms with Gasteiger partial charge in [-0.3, -0.25) is 14.4 Å². The highest BCUT2D eigenvalue weighted by molar-refractivity contribution is 7.91. The summed E-state index contributed by atoms with van der Waals surface area (Å²) in [5, 5.41) is 15.8. The van der Waals surface area contributed by atoms with Gasteiger partial charge in [-0.15, -0.1) is 0 Å². The number of nitrogens with zero attached hydrogens (tertiary/aromatic N) is 4. The molecule has 41 heavy (non-hydrogen) atoms. The van der Waals surface area contributed by atoms with Crippen LogP contribution in [0.5, 0.6) is 0 Å². The molecule has 12 nitrogen and oxygen atoms in total. The van der Waals surface area contributed by atoms with Gasteiger partial charge in [0.15, 0.2) is 21.5 Å². The molecule has 15 heteroatoms. The number of halogens is 1. The van der Waals surface area contributed by atoms with Crippen molar-refractivity contribution in [2.24, 2.45) is 0 Å². The lowest BCUT2D eigenvalue weighted by atomic mass is 9.80. The van der Waals surface area contributed by atoms with Gasteiger partial charge in [0.25, 0.3) is 11.8 Å². The first-order chi connectivity index (χ1) is 19.2. The maximum atomic E-state index is 14.2. The monoisotopic (exact) mass is 599 g/mol. The normalized spacial score (nSPS) is 17.2. The number of anilines is 1. The number of likely N-dealkylation sites (tertiary alicyclic amines) is 1. The Morgan fingerprint density at radius 2 is 1.93 bits per heavy atom. The van der Waals surface area contributed by atoms with Gasteiger partial charge in [0.05, 0.1) is 11.2 Å². The molecule has 2 unspecified atom stereocenters. The number of sulfone groups is 1. The Hall–Kier alpha value is -4.03. The molecule has 4 heterocycles. The van der Waals surface area contributed by atoms with E-state index in [1.807, 2.05) is 0 Å². The van der Waals surface area contributed by atoms with Crippen LogP contribution in [0.3, 0.4) is 0 Å². The zero-order chi connectivity index (χ0) is 29.7. The van der Waals surface area contributed by atoms with E-state index < -0.39 is 38.4 Å². The van der Waals surface area contributed by atoms with Crippen molar-refractivity contribution in [2.75, 3.05) is 30.4 Å². The van der Waals surface area contributed by atoms with Gasteiger partial charge in [-0.2, -0.15) is 9.78 Å². The number of fused-ring (bicyclic) bond motifs is 1. The quantitative estimate of drug-likeness (QED) is 0.273. The fourth-order valence-corrected chi connectivity index (χ4v) is 5.67. The Morgan fingerprint density at radius 3 is 2.49 bits per heavy atom. The maximum Gasteiger partial charge on any atom is 0.257 e. The largest absolute Gasteiger partial charge is 0.342 e. The van der Waals surface area contributed by atoms with E-state index in [0.717, 1.165) is 12.5 Å². The van der Waals surface area contributed by atoms with E-state index in [1.54, 1.807) is 41.3 Å². The molecule has 5 rings (SSSR count). The fraction of sp³-hybridized carbons (Fsp3) is 0.308. The number of aromatic nitrogens is 3. The van der Waals surface area contributed by atoms with Crippen LogP contribution in [0, 0.1) is 5.41 Å². The van der Waals surface area contributed by atoms with E-state index in [2.05, 4.69) is 30.0 Å². The van der Waals surface area contributed by atoms with E-state index in [9.17, 15) is 27.2 Å². The third-order valence-electron chi connectivity index (χ3n) is 6.85. The highest BCUT2D eigenvalue weighted by atomic mass is 32.2. The summed E-state index contributed by atoms with van der Waals surface area (Å²) in [7, 11) is -1.54. The van der Waals surface area contributed by atoms with Crippen LogP contribution in [0.15, 0.2) is 42.6 Å². The van der Waals surface area contributed by atoms with Gasteiger partial charge >= 0.3 is 0 Å². The second kappa shape index (κ2) is 10.1. The van der Waals surface area contributed by atoms with Crippen LogP contribution in [0.1, 0.15) is 44.5 Å². The molecule has 0 bridgehead atoms. The molecule has 0 aliphatic carbocycles. The Labute approximate surface area is 237 Å². The van der Waals surface area contributed by atoms with Crippen molar-refractivity contribution in [3.8, 4) is 5.82 Å². The number of carbonyl (C=O) groups is 3. The summed E-state index contributed by atoms with van der Waals surface area (Å²) >= 11 is 0. The molecule has 0 saturated carbocycles. The summed E-state index contributed by atoms with van der Waals surface area (Å²) in [6.45, 7) is 1.81. The van der Waals surface area contributed by atoms with Crippen molar-refractivity contribution in [2.45, 2.75) is 24.3 Å². The van der Waals surface area contributed by atoms with Crippen LogP contribution < -0.4 is 10.6 Å². The minimum Gasteiger partial charge on any atom is -0.342 e. The van der Waals surface area contributed by atoms with Crippen molar-refractivity contribution in [1.82, 2.24) is 25.0 Å². The lowest BCUT2D eigenvalue weighted by Gasteiger charge is -2.51. The van der Waals surface area contributed by atoms with Crippen molar-refractivity contribution < 1.29 is 27.2 Å². The molecule has 214 valence electrons. The molecule has 2 aromatic heterocycles. The van der Waals surface area contributed by atoms with Crippen LogP contribution in [0.2, 0.25) is 0 Å². The van der Waals surface area contributed by atoms with Crippen molar-refractivity contribution in [1.29, 1.82) is 5.41 Å². The molecule has 3 amide bonds. The highest BCUT2D eigenvalue weighted by Gasteiger charge is 2.51. The standard InChI is InChI=1S/C26H27FN7O5PS/c1-25(27,40)17-6-4-16(5-7-17)24(37)33-13-26(14-33)9-18-21(23(36)31-26)22(30-20(35)12-41(2,38)39)34(32-18)19-8-3-15(10-28)11-29-19/h3-8,10-11,28H,9,12-14,40H2,1-2H3,(H,30,35)(H,31,36). The molecule has 3 aromatic rings. The summed E-state index contributed by atoms with van der Waals surface area (Å²) in [4.78, 5) is 44.8. The molecule has 2 atom stereocenters. The zero-order valence-corrected chi connectivity index (χ0v) is 24.1. The predicted octanol–water partition coefficient (Wildman–Crippen LogP) is 1.45. The van der Waals surface area contributed by atoms with Crippen molar-refractivity contribution in [3.05, 3.63) is 70.5 Å². The first kappa shape index (κ1) is 28.5. The number of hydrogen-bond donors (Lipinski definition) is 3. The molecule has 1 aromatic carbocycles. The van der Waals surface area contributed by atoms with E-state index >= 15 is 0 Å². The SMILES string of the molecule is CC(F)(P)c1ccc(C(=O)N2CC3(Cc4nn(-c5ccc(C=N)cn5)c(NC(=O)CS(C)(=O)=O)c4C(=O)N3)C2)cc1. The number of pyridine rings is 1. The number of rotatable bonds is 7. The molecule has 3 N–H and O–H groups in total. The Morgan fingerprint density at radius 1 is 1.24 bits per heavy atom. The Kier molecular flexibility index (Phi) is 7.03. The topological polar surface area (TPSA) is 167 Å². The first-order valence-corrected chi connectivity index (χ1v) is 15.1. The van der Waals surface area contributed by atoms with Crippen molar-refractivity contribution >= 4 is 48.8 Å². The highest BCUT2D eigenvalue weighted by Crippen LogP contribution is 2.36. The Balaban J connectivity index is 1.41. The van der Waals surface area contributed by atoms with Crippen LogP contribution >= 0.6 is 9.24 Å². The van der Waals surface area contributed by atoms with Gasteiger partial charge in [0.2, 0.25) is 5.91 Å². The number of nitrogens with one attached hydrogen (secondary N) is 3. The molecule has 1 saturated heterocycles. The van der Waals surface area contributed by atoms with E-state index in [1.165, 1.54) is 17.8 Å². The molecular weight excluding hydrogens is 572 g/mol. The third-order valence-corrected chi connectivity index (χ3v) is 7.97. The average Bonchev–Trinajstić information content (AvgIpc) is 3.23. The molecular formula is C26H27FN7O5PS.